The van der Waals surface area contributed by atoms with Crippen LogP contribution in [0.15, 0.2) is 267 Å². The number of para-hydroxylation sites is 2. The van der Waals surface area contributed by atoms with Crippen molar-refractivity contribution in [2.75, 3.05) is 0 Å². The summed E-state index contributed by atoms with van der Waals surface area (Å²) in [5.74, 6) is 0. The molecule has 0 bridgehead atoms. The monoisotopic (exact) mass is 1100 g/mol. The lowest BCUT2D eigenvalue weighted by atomic mass is 9.79. The Morgan fingerprint density at radius 3 is 1.02 bits per heavy atom. The van der Waals surface area contributed by atoms with E-state index in [4.69, 9.17) is 0 Å². The maximum Gasteiger partial charge on any atom is 0.0541 e. The molecule has 2 aliphatic rings. The third-order valence-electron chi connectivity index (χ3n) is 19.3. The quantitative estimate of drug-likeness (QED) is 0.134. The second-order valence-electron chi connectivity index (χ2n) is 24.9. The molecule has 0 amide bonds. The lowest BCUT2D eigenvalue weighted by Gasteiger charge is -2.24. The van der Waals surface area contributed by atoms with E-state index in [-0.39, 0.29) is 10.8 Å². The molecule has 2 aliphatic carbocycles. The molecule has 2 heterocycles. The summed E-state index contributed by atoms with van der Waals surface area (Å²) in [5.41, 5.74) is 27.6. The Morgan fingerprint density at radius 1 is 0.244 bits per heavy atom. The van der Waals surface area contributed by atoms with Crippen LogP contribution in [0.1, 0.15) is 72.2 Å². The summed E-state index contributed by atoms with van der Waals surface area (Å²) in [6.07, 6.45) is 9.06. The van der Waals surface area contributed by atoms with Crippen molar-refractivity contribution in [3.05, 3.63) is 311 Å². The molecule has 86 heavy (non-hydrogen) atoms. The second-order valence-corrected chi connectivity index (χ2v) is 24.9. The number of fused-ring (bicyclic) bond motifs is 14. The number of rotatable bonds is 8. The summed E-state index contributed by atoms with van der Waals surface area (Å²) < 4.78 is 4.86. The molecule has 13 aromatic carbocycles. The van der Waals surface area contributed by atoms with Crippen LogP contribution >= 0.6 is 0 Å². The first-order valence-electron chi connectivity index (χ1n) is 30.2. The largest absolute Gasteiger partial charge is 0.309 e. The molecule has 2 aromatic heterocycles. The molecule has 0 aliphatic heterocycles. The summed E-state index contributed by atoms with van der Waals surface area (Å²) in [4.78, 5) is 0. The molecular formula is C84H60N2. The SMILES string of the molecule is CC1(C)c2cc(/C=C/c3ccc(-c4ccc5c(c4)c4ccccc4n5-c4cccc5ccccc45)cc3)ccc2-c2cc3c(cc21)-c1ccc(/C=C/c2ccc(-c4ccc5c(c4)c4ccccc4n5-c4cccc5ccccc45)cc2)cc1C3(C)C. The summed E-state index contributed by atoms with van der Waals surface area (Å²) in [7, 11) is 0. The molecule has 0 radical (unpaired) electrons. The van der Waals surface area contributed by atoms with Gasteiger partial charge in [0.1, 0.15) is 0 Å². The molecule has 2 nitrogen and oxygen atoms in total. The molecule has 17 rings (SSSR count). The van der Waals surface area contributed by atoms with Gasteiger partial charge in [0, 0.05) is 43.1 Å². The zero-order valence-electron chi connectivity index (χ0n) is 48.6. The number of hydrogen-bond acceptors (Lipinski definition) is 0. The minimum absolute atomic E-state index is 0.149. The van der Waals surface area contributed by atoms with Crippen molar-refractivity contribution in [1.29, 1.82) is 0 Å². The van der Waals surface area contributed by atoms with Crippen LogP contribution < -0.4 is 0 Å². The van der Waals surface area contributed by atoms with Gasteiger partial charge in [0.05, 0.1) is 33.4 Å². The zero-order valence-corrected chi connectivity index (χ0v) is 48.6. The van der Waals surface area contributed by atoms with Crippen LogP contribution in [-0.4, -0.2) is 9.13 Å². The Balaban J connectivity index is 0.605. The van der Waals surface area contributed by atoms with Gasteiger partial charge in [0.15, 0.2) is 0 Å². The van der Waals surface area contributed by atoms with Gasteiger partial charge < -0.3 is 9.13 Å². The van der Waals surface area contributed by atoms with Crippen molar-refractivity contribution < 1.29 is 0 Å². The fraction of sp³-hybridized carbons (Fsp3) is 0.0714. The van der Waals surface area contributed by atoms with Gasteiger partial charge in [-0.25, -0.2) is 0 Å². The molecule has 15 aromatic rings. The first kappa shape index (κ1) is 50.0. The van der Waals surface area contributed by atoms with E-state index in [0.29, 0.717) is 0 Å². The molecule has 0 N–H and O–H groups in total. The number of benzene rings is 13. The summed E-state index contributed by atoms with van der Waals surface area (Å²) in [6.45, 7) is 9.62. The van der Waals surface area contributed by atoms with E-state index in [1.165, 1.54) is 166 Å². The standard InChI is InChI=1S/C84H60N2/c1-83(2)73-47-55(29-27-53-31-37-57(38-32-53)61-41-45-81-71(49-61)67-21-9-11-23-79(67)85(81)77-25-13-17-59-15-5-7-19-63(59)77)35-43-65(73)69-52-76-70(51-75(69)83)66-44-36-56(48-74(66)84(76,3)4)30-28-54-33-39-58(40-34-54)62-42-46-82-72(50-62)68-22-10-12-24-80(68)86(82)78-26-14-18-60-16-6-8-20-64(60)78/h5-52H,1-4H3/b29-27+,30-28+. The average Bonchev–Trinajstić information content (AvgIpc) is 2.58. The van der Waals surface area contributed by atoms with E-state index in [1.807, 2.05) is 0 Å². The maximum absolute atomic E-state index is 2.52. The van der Waals surface area contributed by atoms with E-state index in [0.717, 1.165) is 0 Å². The van der Waals surface area contributed by atoms with Crippen molar-refractivity contribution in [3.8, 4) is 55.9 Å². The van der Waals surface area contributed by atoms with Crippen LogP contribution in [0.3, 0.4) is 0 Å². The van der Waals surface area contributed by atoms with E-state index >= 15 is 0 Å². The molecule has 0 atom stereocenters. The van der Waals surface area contributed by atoms with E-state index < -0.39 is 0 Å². The first-order valence-corrected chi connectivity index (χ1v) is 30.2. The molecule has 0 unspecified atom stereocenters. The van der Waals surface area contributed by atoms with Gasteiger partial charge in [-0.2, -0.15) is 0 Å². The Bertz CT molecular complexity index is 5030. The minimum Gasteiger partial charge on any atom is -0.309 e. The van der Waals surface area contributed by atoms with E-state index in [1.54, 1.807) is 0 Å². The van der Waals surface area contributed by atoms with Gasteiger partial charge in [-0.3, -0.25) is 0 Å². The second kappa shape index (κ2) is 19.0. The van der Waals surface area contributed by atoms with Crippen molar-refractivity contribution in [2.24, 2.45) is 0 Å². The van der Waals surface area contributed by atoms with Gasteiger partial charge >= 0.3 is 0 Å². The third kappa shape index (κ3) is 7.72. The minimum atomic E-state index is -0.149. The summed E-state index contributed by atoms with van der Waals surface area (Å²) in [5, 5.41) is 10.0. The van der Waals surface area contributed by atoms with Gasteiger partial charge in [0.25, 0.3) is 0 Å². The highest BCUT2D eigenvalue weighted by atomic mass is 15.0. The van der Waals surface area contributed by atoms with Crippen molar-refractivity contribution in [3.63, 3.8) is 0 Å². The number of hydrogen-bond donors (Lipinski definition) is 0. The Hall–Kier alpha value is -10.5. The van der Waals surface area contributed by atoms with Crippen LogP contribution in [0.5, 0.6) is 0 Å². The molecule has 2 heteroatoms. The van der Waals surface area contributed by atoms with E-state index in [9.17, 15) is 0 Å². The topological polar surface area (TPSA) is 9.86 Å². The number of aromatic nitrogens is 2. The highest BCUT2D eigenvalue weighted by molar-refractivity contribution is 6.13. The smallest absolute Gasteiger partial charge is 0.0541 e. The van der Waals surface area contributed by atoms with Gasteiger partial charge in [-0.05, 0) is 160 Å². The van der Waals surface area contributed by atoms with Crippen molar-refractivity contribution in [1.82, 2.24) is 9.13 Å². The number of nitrogens with zero attached hydrogens (tertiary/aromatic N) is 2. The average molecular weight is 1100 g/mol. The molecule has 406 valence electrons. The highest BCUT2D eigenvalue weighted by Gasteiger charge is 2.42. The molecule has 0 saturated heterocycles. The van der Waals surface area contributed by atoms with Gasteiger partial charge in [-0.1, -0.05) is 258 Å². The molecule has 0 fully saturated rings. The normalized spacial score (nSPS) is 13.9. The van der Waals surface area contributed by atoms with Crippen LogP contribution in [-0.2, 0) is 10.8 Å². The van der Waals surface area contributed by atoms with Gasteiger partial charge in [0.2, 0.25) is 0 Å². The predicted molar refractivity (Wildman–Crippen MR) is 367 cm³/mol. The Labute approximate surface area is 501 Å². The van der Waals surface area contributed by atoms with Crippen LogP contribution in [0, 0.1) is 0 Å². The molecule has 0 saturated carbocycles. The summed E-state index contributed by atoms with van der Waals surface area (Å²) in [6, 6.07) is 99.3. The fourth-order valence-corrected chi connectivity index (χ4v) is 14.8. The summed E-state index contributed by atoms with van der Waals surface area (Å²) >= 11 is 0. The van der Waals surface area contributed by atoms with Crippen molar-refractivity contribution >= 4 is 89.5 Å². The zero-order chi connectivity index (χ0) is 57.4. The maximum atomic E-state index is 2.52. The highest BCUT2D eigenvalue weighted by Crippen LogP contribution is 2.56. The third-order valence-corrected chi connectivity index (χ3v) is 19.3. The Morgan fingerprint density at radius 2 is 0.581 bits per heavy atom. The van der Waals surface area contributed by atoms with Gasteiger partial charge in [-0.15, -0.1) is 0 Å². The fourth-order valence-electron chi connectivity index (χ4n) is 14.8. The van der Waals surface area contributed by atoms with Crippen LogP contribution in [0.4, 0.5) is 0 Å². The van der Waals surface area contributed by atoms with E-state index in [2.05, 4.69) is 328 Å². The Kier molecular flexibility index (Phi) is 11.0. The van der Waals surface area contributed by atoms with Crippen molar-refractivity contribution in [2.45, 2.75) is 38.5 Å². The van der Waals surface area contributed by atoms with Crippen LogP contribution in [0.2, 0.25) is 0 Å². The lowest BCUT2D eigenvalue weighted by molar-refractivity contribution is 0.652. The predicted octanol–water partition coefficient (Wildman–Crippen LogP) is 22.5. The molecule has 0 spiro atoms. The lowest BCUT2D eigenvalue weighted by Crippen LogP contribution is -2.17. The van der Waals surface area contributed by atoms with Crippen LogP contribution in [0.25, 0.3) is 145 Å². The molecular weight excluding hydrogens is 1040 g/mol. The first-order chi connectivity index (χ1) is 42.1.